The quantitative estimate of drug-likeness (QED) is 0.835. The molecule has 2 N–H and O–H groups in total. The van der Waals surface area contributed by atoms with E-state index in [0.717, 1.165) is 17.7 Å². The summed E-state index contributed by atoms with van der Waals surface area (Å²) >= 11 is 0. The van der Waals surface area contributed by atoms with Crippen molar-refractivity contribution in [1.82, 2.24) is 10.1 Å². The van der Waals surface area contributed by atoms with E-state index >= 15 is 0 Å². The SMILES string of the molecule is CCCOc1cccc(-c2nc(C(N)COC)no2)c1. The number of aromatic nitrogens is 2. The molecule has 1 unspecified atom stereocenters. The highest BCUT2D eigenvalue weighted by Crippen LogP contribution is 2.23. The third-order valence-corrected chi connectivity index (χ3v) is 2.67. The number of nitrogens with two attached hydrogens (primary N) is 1. The minimum atomic E-state index is -0.392. The molecule has 20 heavy (non-hydrogen) atoms. The van der Waals surface area contributed by atoms with Crippen molar-refractivity contribution in [3.8, 4) is 17.2 Å². The Morgan fingerprint density at radius 3 is 3.00 bits per heavy atom. The van der Waals surface area contributed by atoms with Gasteiger partial charge in [-0.25, -0.2) is 0 Å². The predicted octanol–water partition coefficient (Wildman–Crippen LogP) is 2.17. The van der Waals surface area contributed by atoms with Crippen LogP contribution in [-0.4, -0.2) is 30.5 Å². The third-order valence-electron chi connectivity index (χ3n) is 2.67. The molecule has 0 amide bonds. The Kier molecular flexibility index (Phi) is 5.09. The first kappa shape index (κ1) is 14.5. The van der Waals surface area contributed by atoms with Crippen LogP contribution in [0.25, 0.3) is 11.5 Å². The van der Waals surface area contributed by atoms with Gasteiger partial charge in [-0.3, -0.25) is 0 Å². The van der Waals surface area contributed by atoms with E-state index < -0.39 is 6.04 Å². The van der Waals surface area contributed by atoms with Crippen LogP contribution in [0, 0.1) is 0 Å². The summed E-state index contributed by atoms with van der Waals surface area (Å²) in [4.78, 5) is 4.28. The lowest BCUT2D eigenvalue weighted by atomic mass is 10.2. The highest BCUT2D eigenvalue weighted by atomic mass is 16.5. The summed E-state index contributed by atoms with van der Waals surface area (Å²) in [6.07, 6.45) is 0.959. The van der Waals surface area contributed by atoms with Crippen LogP contribution < -0.4 is 10.5 Å². The molecule has 6 nitrogen and oxygen atoms in total. The van der Waals surface area contributed by atoms with Crippen molar-refractivity contribution in [2.24, 2.45) is 5.73 Å². The maximum atomic E-state index is 5.86. The van der Waals surface area contributed by atoms with E-state index in [0.29, 0.717) is 24.9 Å². The zero-order chi connectivity index (χ0) is 14.4. The van der Waals surface area contributed by atoms with Gasteiger partial charge in [0.2, 0.25) is 0 Å². The smallest absolute Gasteiger partial charge is 0.258 e. The molecule has 2 aromatic rings. The van der Waals surface area contributed by atoms with Crippen LogP contribution in [0.1, 0.15) is 25.2 Å². The van der Waals surface area contributed by atoms with Crippen LogP contribution in [0.5, 0.6) is 5.75 Å². The first-order valence-corrected chi connectivity index (χ1v) is 6.56. The number of hydrogen-bond donors (Lipinski definition) is 1. The summed E-state index contributed by atoms with van der Waals surface area (Å²) in [5.41, 5.74) is 6.67. The monoisotopic (exact) mass is 277 g/mol. The Morgan fingerprint density at radius 1 is 1.40 bits per heavy atom. The van der Waals surface area contributed by atoms with Gasteiger partial charge >= 0.3 is 0 Å². The minimum absolute atomic E-state index is 0.346. The van der Waals surface area contributed by atoms with E-state index in [1.165, 1.54) is 0 Å². The second-order valence-electron chi connectivity index (χ2n) is 4.40. The number of nitrogens with zero attached hydrogens (tertiary/aromatic N) is 2. The minimum Gasteiger partial charge on any atom is -0.494 e. The topological polar surface area (TPSA) is 83.4 Å². The van der Waals surface area contributed by atoms with Gasteiger partial charge in [-0.15, -0.1) is 0 Å². The molecule has 0 saturated heterocycles. The molecule has 0 radical (unpaired) electrons. The molecule has 0 saturated carbocycles. The lowest BCUT2D eigenvalue weighted by Crippen LogP contribution is -2.17. The fourth-order valence-electron chi connectivity index (χ4n) is 1.70. The van der Waals surface area contributed by atoms with E-state index in [1.807, 2.05) is 24.3 Å². The molecular formula is C14H19N3O3. The van der Waals surface area contributed by atoms with Crippen molar-refractivity contribution in [1.29, 1.82) is 0 Å². The summed E-state index contributed by atoms with van der Waals surface area (Å²) in [7, 11) is 1.58. The zero-order valence-electron chi connectivity index (χ0n) is 11.7. The van der Waals surface area contributed by atoms with Gasteiger partial charge in [-0.1, -0.05) is 18.1 Å². The molecule has 1 heterocycles. The molecular weight excluding hydrogens is 258 g/mol. The first-order valence-electron chi connectivity index (χ1n) is 6.56. The summed E-state index contributed by atoms with van der Waals surface area (Å²) < 4.78 is 15.8. The van der Waals surface area contributed by atoms with Crippen LogP contribution in [0.15, 0.2) is 28.8 Å². The number of methoxy groups -OCH3 is 1. The molecule has 0 aliphatic heterocycles. The van der Waals surface area contributed by atoms with Gasteiger partial charge < -0.3 is 19.7 Å². The Labute approximate surface area is 117 Å². The van der Waals surface area contributed by atoms with Crippen LogP contribution in [0.4, 0.5) is 0 Å². The Bertz CT molecular complexity index is 542. The molecule has 0 aliphatic rings. The lowest BCUT2D eigenvalue weighted by Gasteiger charge is -2.05. The first-order chi connectivity index (χ1) is 9.74. The maximum absolute atomic E-state index is 5.86. The van der Waals surface area contributed by atoms with Crippen LogP contribution >= 0.6 is 0 Å². The predicted molar refractivity (Wildman–Crippen MR) is 74.3 cm³/mol. The van der Waals surface area contributed by atoms with E-state index in [1.54, 1.807) is 7.11 Å². The van der Waals surface area contributed by atoms with E-state index in [4.69, 9.17) is 19.7 Å². The van der Waals surface area contributed by atoms with Crippen molar-refractivity contribution >= 4 is 0 Å². The van der Waals surface area contributed by atoms with Gasteiger partial charge in [-0.05, 0) is 24.6 Å². The van der Waals surface area contributed by atoms with Crippen LogP contribution in [0.3, 0.4) is 0 Å². The van der Waals surface area contributed by atoms with Crippen molar-refractivity contribution in [3.05, 3.63) is 30.1 Å². The van der Waals surface area contributed by atoms with Gasteiger partial charge in [-0.2, -0.15) is 4.98 Å². The van der Waals surface area contributed by atoms with Gasteiger partial charge in [0.05, 0.1) is 19.3 Å². The molecule has 1 aromatic carbocycles. The van der Waals surface area contributed by atoms with Crippen LogP contribution in [0.2, 0.25) is 0 Å². The van der Waals surface area contributed by atoms with Crippen molar-refractivity contribution in [3.63, 3.8) is 0 Å². The van der Waals surface area contributed by atoms with Crippen molar-refractivity contribution < 1.29 is 14.0 Å². The third kappa shape index (κ3) is 3.55. The van der Waals surface area contributed by atoms with Crippen molar-refractivity contribution in [2.45, 2.75) is 19.4 Å². The number of hydrogen-bond acceptors (Lipinski definition) is 6. The molecule has 1 atom stereocenters. The maximum Gasteiger partial charge on any atom is 0.258 e. The largest absolute Gasteiger partial charge is 0.494 e. The molecule has 108 valence electrons. The normalized spacial score (nSPS) is 12.3. The average Bonchev–Trinajstić information content (AvgIpc) is 2.95. The number of benzene rings is 1. The average molecular weight is 277 g/mol. The summed E-state index contributed by atoms with van der Waals surface area (Å²) in [5, 5.41) is 3.87. The van der Waals surface area contributed by atoms with E-state index in [9.17, 15) is 0 Å². The van der Waals surface area contributed by atoms with Gasteiger partial charge in [0, 0.05) is 12.7 Å². The lowest BCUT2D eigenvalue weighted by molar-refractivity contribution is 0.177. The van der Waals surface area contributed by atoms with Crippen LogP contribution in [-0.2, 0) is 4.74 Å². The molecule has 0 aliphatic carbocycles. The van der Waals surface area contributed by atoms with Gasteiger partial charge in [0.15, 0.2) is 5.82 Å². The molecule has 6 heteroatoms. The number of ether oxygens (including phenoxy) is 2. The van der Waals surface area contributed by atoms with Gasteiger partial charge in [0.25, 0.3) is 5.89 Å². The molecule has 0 spiro atoms. The highest BCUT2D eigenvalue weighted by molar-refractivity contribution is 5.55. The molecule has 0 fully saturated rings. The van der Waals surface area contributed by atoms with Gasteiger partial charge in [0.1, 0.15) is 5.75 Å². The molecule has 1 aromatic heterocycles. The summed E-state index contributed by atoms with van der Waals surface area (Å²) in [6, 6.07) is 7.15. The highest BCUT2D eigenvalue weighted by Gasteiger charge is 2.15. The Balaban J connectivity index is 2.15. The zero-order valence-corrected chi connectivity index (χ0v) is 11.7. The van der Waals surface area contributed by atoms with E-state index in [2.05, 4.69) is 17.1 Å². The molecule has 2 rings (SSSR count). The standard InChI is InChI=1S/C14H19N3O3/c1-3-7-19-11-6-4-5-10(8-11)14-16-13(17-20-14)12(15)9-18-2/h4-6,8,12H,3,7,9,15H2,1-2H3. The number of rotatable bonds is 7. The second-order valence-corrected chi connectivity index (χ2v) is 4.40. The Morgan fingerprint density at radius 2 is 2.25 bits per heavy atom. The summed E-state index contributed by atoms with van der Waals surface area (Å²) in [5.74, 6) is 1.64. The molecule has 0 bridgehead atoms. The Hall–Kier alpha value is -1.92. The van der Waals surface area contributed by atoms with E-state index in [-0.39, 0.29) is 0 Å². The second kappa shape index (κ2) is 7.02. The summed E-state index contributed by atoms with van der Waals surface area (Å²) in [6.45, 7) is 3.08. The van der Waals surface area contributed by atoms with Crippen molar-refractivity contribution in [2.75, 3.05) is 20.3 Å². The fourth-order valence-corrected chi connectivity index (χ4v) is 1.70. The fraction of sp³-hybridized carbons (Fsp3) is 0.429.